The molecular weight excluding hydrogens is 1110 g/mol. The first-order chi connectivity index (χ1) is 22.7. The van der Waals surface area contributed by atoms with E-state index in [1.54, 1.807) is 0 Å². The van der Waals surface area contributed by atoms with Gasteiger partial charge in [0, 0.05) is 0 Å². The van der Waals surface area contributed by atoms with E-state index in [1.807, 2.05) is 0 Å². The van der Waals surface area contributed by atoms with Crippen molar-refractivity contribution in [1.82, 2.24) is 0 Å². The normalized spacial score (nSPS) is 9.06. The van der Waals surface area contributed by atoms with Crippen molar-refractivity contribution in [2.45, 2.75) is 0 Å². The third-order valence-electron chi connectivity index (χ3n) is 0. The van der Waals surface area contributed by atoms with Crippen molar-refractivity contribution in [3.8, 4) is 0 Å². The van der Waals surface area contributed by atoms with Gasteiger partial charge in [-0.3, -0.25) is 45.7 Å². The molecule has 0 saturated heterocycles. The summed E-state index contributed by atoms with van der Waals surface area (Å²) in [4.78, 5) is 186. The Labute approximate surface area is 305 Å². The molecule has 0 aromatic heterocycles. The topological polar surface area (TPSA) is 765 Å². The molecule has 26 N–H and O–H groups in total. The predicted octanol–water partition coefficient (Wildman–Crippen LogP) is -8.49. The van der Waals surface area contributed by atoms with Crippen LogP contribution in [0, 0.1) is 0 Å². The second-order valence-electron chi connectivity index (χ2n) is 3.92. The SMILES string of the molecule is O=P(O)(O)O.O=P(O)(O)O.O=[PH](O)O.O=[PH](O)O.O=[PH](O)O.O=[PH](O)O.O=[PH](O)O.O=[PH](O)O.O=[PH](O)O.O=[PH](O)O.O=[PH](O)O.O=[PH](O)O.[O]=[Mo]=[O]. The third kappa shape index (κ3) is 36200. The average Bonchev–Trinajstić information content (AvgIpc) is 2.67. The monoisotopic (exact) mass is 1150 g/mol. The molecule has 342 valence electrons. The van der Waals surface area contributed by atoms with E-state index in [0.717, 1.165) is 0 Å². The van der Waals surface area contributed by atoms with Crippen LogP contribution in [-0.2, 0) is 80.1 Å². The van der Waals surface area contributed by atoms with Gasteiger partial charge in [-0.2, -0.15) is 0 Å². The average molecular weight is 1140 g/mol. The van der Waals surface area contributed by atoms with E-state index in [0.29, 0.717) is 0 Å². The van der Waals surface area contributed by atoms with Crippen LogP contribution in [0.3, 0.4) is 0 Å². The summed E-state index contributed by atoms with van der Waals surface area (Å²) in [5.41, 5.74) is 0. The summed E-state index contributed by atoms with van der Waals surface area (Å²) in [5.74, 6) is 0. The Morgan fingerprint density at radius 2 is 0.245 bits per heavy atom. The molecule has 0 aromatic carbocycles. The van der Waals surface area contributed by atoms with Crippen LogP contribution in [0.2, 0.25) is 0 Å². The van der Waals surface area contributed by atoms with Gasteiger partial charge in [-0.25, -0.2) is 9.13 Å². The van der Waals surface area contributed by atoms with Crippen molar-refractivity contribution in [2.75, 3.05) is 0 Å². The molecular formula is H36MoO40P12. The van der Waals surface area contributed by atoms with Gasteiger partial charge in [-0.15, -0.1) is 0 Å². The summed E-state index contributed by atoms with van der Waals surface area (Å²) in [7, 11) is -40.6. The van der Waals surface area contributed by atoms with Crippen LogP contribution in [0.25, 0.3) is 0 Å². The second kappa shape index (κ2) is 74.9. The van der Waals surface area contributed by atoms with Gasteiger partial charge >= 0.3 is 123 Å². The van der Waals surface area contributed by atoms with E-state index in [2.05, 4.69) is 0 Å². The standard InChI is InChI=1S/Mo.2H3O4P.10H3O3P.2O/c;2*1-5(2,3)4;10*1-4(2)3;;/h;2*(H3,1,2,3,4);10*4H,(H2,1,2,3);;. The fourth-order valence-corrected chi connectivity index (χ4v) is 0. The number of phosphoric acid groups is 2. The molecule has 0 rings (SSSR count). The fraction of sp³-hybridized carbons (Fsp3) is 0. The first kappa shape index (κ1) is 90.9. The first-order valence-electron chi connectivity index (χ1n) is 8.41. The summed E-state index contributed by atoms with van der Waals surface area (Å²) in [6.07, 6.45) is 0. The quantitative estimate of drug-likeness (QED) is 0.0791. The zero-order chi connectivity index (χ0) is 47.5. The summed E-state index contributed by atoms with van der Waals surface area (Å²) in [5, 5.41) is 0. The van der Waals surface area contributed by atoms with Crippen LogP contribution in [0.15, 0.2) is 0 Å². The van der Waals surface area contributed by atoms with Crippen LogP contribution in [0.4, 0.5) is 0 Å². The Balaban J connectivity index is -0.0000000298. The van der Waals surface area contributed by atoms with Gasteiger partial charge in [0.05, 0.1) is 0 Å². The molecule has 0 aromatic rings. The van der Waals surface area contributed by atoms with Crippen molar-refractivity contribution < 1.29 is 207 Å². The second-order valence-corrected chi connectivity index (χ2v) is 12.0. The molecule has 0 aliphatic rings. The van der Waals surface area contributed by atoms with Gasteiger partial charge in [0.2, 0.25) is 0 Å². The van der Waals surface area contributed by atoms with E-state index >= 15 is 0 Å². The molecule has 53 heavy (non-hydrogen) atoms. The van der Waals surface area contributed by atoms with Crippen molar-refractivity contribution in [2.24, 2.45) is 0 Å². The van der Waals surface area contributed by atoms with Crippen molar-refractivity contribution in [3.05, 3.63) is 0 Å². The van der Waals surface area contributed by atoms with Crippen LogP contribution < -0.4 is 0 Å². The van der Waals surface area contributed by atoms with Crippen LogP contribution in [0.1, 0.15) is 0 Å². The fourth-order valence-electron chi connectivity index (χ4n) is 0. The first-order valence-corrected chi connectivity index (χ1v) is 26.2. The van der Waals surface area contributed by atoms with Crippen LogP contribution in [-0.4, -0.2) is 127 Å². The van der Waals surface area contributed by atoms with Gasteiger partial charge in [0.25, 0.3) is 0 Å². The van der Waals surface area contributed by atoms with E-state index < -0.39 is 117 Å². The Morgan fingerprint density at radius 1 is 0.245 bits per heavy atom. The van der Waals surface area contributed by atoms with Crippen molar-refractivity contribution >= 4 is 98.2 Å². The van der Waals surface area contributed by atoms with E-state index in [-0.39, 0.29) is 0 Å². The van der Waals surface area contributed by atoms with Gasteiger partial charge in [0.1, 0.15) is 0 Å². The number of rotatable bonds is 0. The molecule has 0 radical (unpaired) electrons. The van der Waals surface area contributed by atoms with E-state index in [1.165, 1.54) is 0 Å². The van der Waals surface area contributed by atoms with Gasteiger partial charge in [-0.05, 0) is 0 Å². The Hall–Kier alpha value is 2.01. The van der Waals surface area contributed by atoms with Gasteiger partial charge < -0.3 is 127 Å². The van der Waals surface area contributed by atoms with E-state index in [4.69, 9.17) is 189 Å². The number of hydrogen-bond donors (Lipinski definition) is 26. The molecule has 53 heteroatoms. The summed E-state index contributed by atoms with van der Waals surface area (Å²) in [6, 6.07) is 0. The Morgan fingerprint density at radius 3 is 0.245 bits per heavy atom. The molecule has 0 saturated carbocycles. The Bertz CT molecular complexity index is 803. The molecule has 0 unspecified atom stereocenters. The van der Waals surface area contributed by atoms with Gasteiger partial charge in [-0.1, -0.05) is 0 Å². The molecule has 0 fully saturated rings. The molecule has 0 aliphatic heterocycles. The molecule has 0 heterocycles. The predicted molar refractivity (Wildman–Crippen MR) is 164 cm³/mol. The molecule has 0 spiro atoms. The zero-order valence-corrected chi connectivity index (χ0v) is 37.4. The Kier molecular flexibility index (Phi) is 129. The number of hydrogen-bond acceptors (Lipinski definition) is 14. The minimum atomic E-state index is -4.64. The van der Waals surface area contributed by atoms with Crippen molar-refractivity contribution in [1.29, 1.82) is 0 Å². The van der Waals surface area contributed by atoms with Crippen LogP contribution >= 0.6 is 98.2 Å². The molecule has 0 aliphatic carbocycles. The van der Waals surface area contributed by atoms with E-state index in [9.17, 15) is 0 Å². The van der Waals surface area contributed by atoms with Crippen LogP contribution in [0.5, 0.6) is 0 Å². The third-order valence-corrected chi connectivity index (χ3v) is 0. The van der Waals surface area contributed by atoms with Crippen molar-refractivity contribution in [3.63, 3.8) is 0 Å². The maximum atomic E-state index is 8.88. The zero-order valence-electron chi connectivity index (χ0n) is 23.6. The molecule has 0 bridgehead atoms. The minimum absolute atomic E-state index is 2.03. The summed E-state index contributed by atoms with van der Waals surface area (Å²) < 4.78 is 122. The summed E-state index contributed by atoms with van der Waals surface area (Å²) in [6.45, 7) is 0. The maximum absolute atomic E-state index is 8.88. The van der Waals surface area contributed by atoms with Gasteiger partial charge in [0.15, 0.2) is 0 Å². The molecule has 0 amide bonds. The summed E-state index contributed by atoms with van der Waals surface area (Å²) >= 11 is -2.03. The molecule has 0 atom stereocenters. The molecule has 40 nitrogen and oxygen atoms in total.